The van der Waals surface area contributed by atoms with Crippen LogP contribution in [0.15, 0.2) is 76.7 Å². The molecule has 0 fully saturated rings. The highest BCUT2D eigenvalue weighted by atomic mass is 32.2. The normalized spacial score (nSPS) is 11.1. The van der Waals surface area contributed by atoms with Crippen LogP contribution in [0, 0.1) is 0 Å². The minimum atomic E-state index is -4.44. The van der Waals surface area contributed by atoms with Crippen molar-refractivity contribution in [3.63, 3.8) is 0 Å². The van der Waals surface area contributed by atoms with E-state index in [0.29, 0.717) is 21.8 Å². The zero-order valence-electron chi connectivity index (χ0n) is 16.4. The van der Waals surface area contributed by atoms with E-state index in [4.69, 9.17) is 0 Å². The Balaban J connectivity index is 1.70. The summed E-state index contributed by atoms with van der Waals surface area (Å²) in [5.41, 5.74) is -0.0121. The van der Waals surface area contributed by atoms with Crippen LogP contribution in [0.2, 0.25) is 0 Å². The van der Waals surface area contributed by atoms with Crippen molar-refractivity contribution < 1.29 is 22.8 Å². The maximum absolute atomic E-state index is 12.9. The predicted octanol–water partition coefficient (Wildman–Crippen LogP) is 5.14. The molecular formula is C22H18F3N3O2S. The maximum Gasteiger partial charge on any atom is 0.416 e. The van der Waals surface area contributed by atoms with Crippen molar-refractivity contribution in [2.45, 2.75) is 29.4 Å². The Morgan fingerprint density at radius 3 is 2.48 bits per heavy atom. The van der Waals surface area contributed by atoms with Gasteiger partial charge in [-0.1, -0.05) is 36.0 Å². The number of amides is 2. The van der Waals surface area contributed by atoms with Gasteiger partial charge in [-0.3, -0.25) is 9.59 Å². The molecule has 160 valence electrons. The Morgan fingerprint density at radius 1 is 1.03 bits per heavy atom. The van der Waals surface area contributed by atoms with E-state index in [9.17, 15) is 22.8 Å². The molecule has 0 unspecified atom stereocenters. The molecule has 1 aromatic heterocycles. The molecule has 2 N–H and O–H groups in total. The van der Waals surface area contributed by atoms with Crippen molar-refractivity contribution in [1.29, 1.82) is 0 Å². The van der Waals surface area contributed by atoms with Crippen LogP contribution in [0.3, 0.4) is 0 Å². The van der Waals surface area contributed by atoms with E-state index in [2.05, 4.69) is 15.6 Å². The molecule has 2 amide bonds. The number of nitrogens with one attached hydrogen (secondary N) is 2. The number of alkyl halides is 3. The molecule has 0 aliphatic heterocycles. The number of rotatable bonds is 6. The van der Waals surface area contributed by atoms with Crippen molar-refractivity contribution in [3.8, 4) is 0 Å². The summed E-state index contributed by atoms with van der Waals surface area (Å²) in [7, 11) is 0. The average molecular weight is 445 g/mol. The van der Waals surface area contributed by atoms with Crippen LogP contribution in [0.25, 0.3) is 0 Å². The number of hydrogen-bond acceptors (Lipinski definition) is 4. The van der Waals surface area contributed by atoms with Gasteiger partial charge < -0.3 is 10.6 Å². The minimum absolute atomic E-state index is 0.0330. The monoisotopic (exact) mass is 445 g/mol. The van der Waals surface area contributed by atoms with Gasteiger partial charge in [-0.25, -0.2) is 4.98 Å². The molecule has 0 radical (unpaired) electrons. The number of carbonyl (C=O) groups is 2. The molecule has 0 saturated carbocycles. The second kappa shape index (κ2) is 9.65. The van der Waals surface area contributed by atoms with Crippen LogP contribution in [0.4, 0.5) is 19.0 Å². The standard InChI is InChI=1S/C22H18F3N3O2S/c1-14(29)28-20-10-9-17(13-26-20)31-19-8-3-2-7-18(19)21(30)27-12-15-5-4-6-16(11-15)22(23,24)25/h2-11,13H,12H2,1H3,(H,27,30)(H,26,28,29). The Morgan fingerprint density at radius 2 is 1.81 bits per heavy atom. The fraction of sp³-hybridized carbons (Fsp3) is 0.136. The summed E-state index contributed by atoms with van der Waals surface area (Å²) in [6.45, 7) is 1.35. The fourth-order valence-electron chi connectivity index (χ4n) is 2.70. The first-order valence-electron chi connectivity index (χ1n) is 9.17. The van der Waals surface area contributed by atoms with E-state index in [1.807, 2.05) is 0 Å². The smallest absolute Gasteiger partial charge is 0.348 e. The number of carbonyl (C=O) groups excluding carboxylic acids is 2. The number of hydrogen-bond donors (Lipinski definition) is 2. The van der Waals surface area contributed by atoms with E-state index in [1.165, 1.54) is 30.8 Å². The molecule has 0 atom stereocenters. The zero-order valence-corrected chi connectivity index (χ0v) is 17.2. The Bertz CT molecular complexity index is 1090. The quantitative estimate of drug-likeness (QED) is 0.551. The highest BCUT2D eigenvalue weighted by Gasteiger charge is 2.30. The zero-order chi connectivity index (χ0) is 22.4. The third-order valence-corrected chi connectivity index (χ3v) is 5.16. The molecular weight excluding hydrogens is 427 g/mol. The molecule has 0 aliphatic rings. The predicted molar refractivity (Wildman–Crippen MR) is 112 cm³/mol. The van der Waals surface area contributed by atoms with Crippen LogP contribution in [0.5, 0.6) is 0 Å². The van der Waals surface area contributed by atoms with Crippen LogP contribution in [-0.4, -0.2) is 16.8 Å². The number of nitrogens with zero attached hydrogens (tertiary/aromatic N) is 1. The maximum atomic E-state index is 12.9. The van der Waals surface area contributed by atoms with Crippen LogP contribution >= 0.6 is 11.8 Å². The Hall–Kier alpha value is -3.33. The Labute approximate surface area is 181 Å². The fourth-order valence-corrected chi connectivity index (χ4v) is 3.61. The van der Waals surface area contributed by atoms with Crippen molar-refractivity contribution >= 4 is 29.4 Å². The van der Waals surface area contributed by atoms with Gasteiger partial charge in [0.25, 0.3) is 5.91 Å². The molecule has 0 bridgehead atoms. The van der Waals surface area contributed by atoms with E-state index in [-0.39, 0.29) is 12.5 Å². The van der Waals surface area contributed by atoms with Crippen molar-refractivity contribution in [2.24, 2.45) is 0 Å². The summed E-state index contributed by atoms with van der Waals surface area (Å²) in [5.74, 6) is -0.206. The largest absolute Gasteiger partial charge is 0.416 e. The SMILES string of the molecule is CC(=O)Nc1ccc(Sc2ccccc2C(=O)NCc2cccc(C(F)(F)F)c2)cn1. The van der Waals surface area contributed by atoms with Gasteiger partial charge in [0.15, 0.2) is 0 Å². The second-order valence-electron chi connectivity index (χ2n) is 6.54. The van der Waals surface area contributed by atoms with Gasteiger partial charge in [0, 0.05) is 29.5 Å². The number of pyridine rings is 1. The number of halogens is 3. The number of aromatic nitrogens is 1. The lowest BCUT2D eigenvalue weighted by Gasteiger charge is -2.12. The first kappa shape index (κ1) is 22.4. The summed E-state index contributed by atoms with van der Waals surface area (Å²) in [6.07, 6.45) is -2.86. The second-order valence-corrected chi connectivity index (χ2v) is 7.65. The third-order valence-electron chi connectivity index (χ3n) is 4.11. The van der Waals surface area contributed by atoms with E-state index < -0.39 is 17.6 Å². The molecule has 0 aliphatic carbocycles. The summed E-state index contributed by atoms with van der Waals surface area (Å²) in [6, 6.07) is 15.2. The van der Waals surface area contributed by atoms with Gasteiger partial charge in [-0.05, 0) is 42.0 Å². The molecule has 0 spiro atoms. The van der Waals surface area contributed by atoms with Gasteiger partial charge in [0.2, 0.25) is 5.91 Å². The van der Waals surface area contributed by atoms with Gasteiger partial charge in [0.05, 0.1) is 11.1 Å². The molecule has 2 aromatic carbocycles. The van der Waals surface area contributed by atoms with Gasteiger partial charge in [-0.2, -0.15) is 13.2 Å². The number of anilines is 1. The van der Waals surface area contributed by atoms with Crippen molar-refractivity contribution in [3.05, 3.63) is 83.6 Å². The lowest BCUT2D eigenvalue weighted by atomic mass is 10.1. The minimum Gasteiger partial charge on any atom is -0.348 e. The van der Waals surface area contributed by atoms with Gasteiger partial charge >= 0.3 is 6.18 Å². The summed E-state index contributed by atoms with van der Waals surface area (Å²) >= 11 is 1.31. The average Bonchev–Trinajstić information content (AvgIpc) is 2.73. The summed E-state index contributed by atoms with van der Waals surface area (Å²) < 4.78 is 38.6. The lowest BCUT2D eigenvalue weighted by molar-refractivity contribution is -0.137. The van der Waals surface area contributed by atoms with Crippen molar-refractivity contribution in [1.82, 2.24) is 10.3 Å². The van der Waals surface area contributed by atoms with Gasteiger partial charge in [-0.15, -0.1) is 0 Å². The Kier molecular flexibility index (Phi) is 6.96. The first-order chi connectivity index (χ1) is 14.7. The molecule has 31 heavy (non-hydrogen) atoms. The lowest BCUT2D eigenvalue weighted by Crippen LogP contribution is -2.23. The van der Waals surface area contributed by atoms with E-state index in [1.54, 1.807) is 42.6 Å². The molecule has 0 saturated heterocycles. The number of benzene rings is 2. The van der Waals surface area contributed by atoms with E-state index >= 15 is 0 Å². The molecule has 9 heteroatoms. The van der Waals surface area contributed by atoms with E-state index in [0.717, 1.165) is 17.0 Å². The highest BCUT2D eigenvalue weighted by molar-refractivity contribution is 7.99. The molecule has 3 aromatic rings. The highest BCUT2D eigenvalue weighted by Crippen LogP contribution is 2.31. The molecule has 5 nitrogen and oxygen atoms in total. The van der Waals surface area contributed by atoms with Crippen LogP contribution in [-0.2, 0) is 17.5 Å². The summed E-state index contributed by atoms with van der Waals surface area (Å²) in [4.78, 5) is 29.3. The topological polar surface area (TPSA) is 71.1 Å². The van der Waals surface area contributed by atoms with Crippen molar-refractivity contribution in [2.75, 3.05) is 5.32 Å². The van der Waals surface area contributed by atoms with Gasteiger partial charge in [0.1, 0.15) is 5.82 Å². The van der Waals surface area contributed by atoms with Crippen LogP contribution in [0.1, 0.15) is 28.4 Å². The summed E-state index contributed by atoms with van der Waals surface area (Å²) in [5, 5.41) is 5.25. The molecule has 3 rings (SSSR count). The first-order valence-corrected chi connectivity index (χ1v) is 9.99. The van der Waals surface area contributed by atoms with Crippen LogP contribution < -0.4 is 10.6 Å². The third kappa shape index (κ3) is 6.32. The molecule has 1 heterocycles.